The van der Waals surface area contributed by atoms with Crippen LogP contribution >= 0.6 is 0 Å². The molecular formula is C22H35N3O. The van der Waals surface area contributed by atoms with Crippen molar-refractivity contribution in [2.24, 2.45) is 5.92 Å². The molecule has 2 aliphatic heterocycles. The van der Waals surface area contributed by atoms with Crippen molar-refractivity contribution in [3.63, 3.8) is 0 Å². The molecule has 2 aliphatic rings. The maximum Gasteiger partial charge on any atom is 0.226 e. The predicted molar refractivity (Wildman–Crippen MR) is 107 cm³/mol. The standard InChI is InChI=1S/C22H35N3O/c1-17(2)24-14-11-20(12-15-24)22(26)25-13-5-6-21(25)19-9-7-18(8-10-19)16-23(3)4/h7-10,17,20-21H,5-6,11-16H2,1-4H3/t21-/m0/s1. The normalized spacial score (nSPS) is 22.5. The number of carbonyl (C=O) groups excluding carboxylic acids is 1. The fourth-order valence-corrected chi connectivity index (χ4v) is 4.48. The quantitative estimate of drug-likeness (QED) is 0.806. The Morgan fingerprint density at radius 2 is 1.73 bits per heavy atom. The molecule has 0 radical (unpaired) electrons. The number of nitrogens with zero attached hydrogens (tertiary/aromatic N) is 3. The minimum atomic E-state index is 0.221. The number of amides is 1. The molecular weight excluding hydrogens is 322 g/mol. The molecule has 1 atom stereocenters. The highest BCUT2D eigenvalue weighted by atomic mass is 16.2. The van der Waals surface area contributed by atoms with Gasteiger partial charge in [0, 0.05) is 25.0 Å². The van der Waals surface area contributed by atoms with E-state index in [9.17, 15) is 4.79 Å². The van der Waals surface area contributed by atoms with E-state index in [0.29, 0.717) is 11.9 Å². The zero-order valence-corrected chi connectivity index (χ0v) is 16.9. The Bertz CT molecular complexity index is 588. The van der Waals surface area contributed by atoms with Crippen molar-refractivity contribution < 1.29 is 4.79 Å². The van der Waals surface area contributed by atoms with Crippen LogP contribution in [0.2, 0.25) is 0 Å². The van der Waals surface area contributed by atoms with Crippen LogP contribution in [0.25, 0.3) is 0 Å². The summed E-state index contributed by atoms with van der Waals surface area (Å²) in [5.74, 6) is 0.617. The van der Waals surface area contributed by atoms with Crippen molar-refractivity contribution in [1.29, 1.82) is 0 Å². The maximum absolute atomic E-state index is 13.2. The Labute approximate surface area is 159 Å². The van der Waals surface area contributed by atoms with Gasteiger partial charge >= 0.3 is 0 Å². The van der Waals surface area contributed by atoms with Crippen LogP contribution in [0.1, 0.15) is 56.7 Å². The zero-order chi connectivity index (χ0) is 18.7. The van der Waals surface area contributed by atoms with Crippen molar-refractivity contribution in [3.8, 4) is 0 Å². The van der Waals surface area contributed by atoms with Gasteiger partial charge in [-0.1, -0.05) is 24.3 Å². The van der Waals surface area contributed by atoms with Crippen molar-refractivity contribution in [2.45, 2.75) is 58.2 Å². The smallest absolute Gasteiger partial charge is 0.226 e. The van der Waals surface area contributed by atoms with Crippen molar-refractivity contribution >= 4 is 5.91 Å². The fourth-order valence-electron chi connectivity index (χ4n) is 4.48. The molecule has 1 aromatic carbocycles. The number of likely N-dealkylation sites (tertiary alicyclic amines) is 2. The lowest BCUT2D eigenvalue weighted by atomic mass is 9.93. The summed E-state index contributed by atoms with van der Waals surface area (Å²) < 4.78 is 0. The first-order valence-corrected chi connectivity index (χ1v) is 10.2. The van der Waals surface area contributed by atoms with Crippen LogP contribution in [0.15, 0.2) is 24.3 Å². The molecule has 0 aromatic heterocycles. The molecule has 4 heteroatoms. The molecule has 1 amide bonds. The first-order valence-electron chi connectivity index (χ1n) is 10.2. The zero-order valence-electron chi connectivity index (χ0n) is 16.9. The summed E-state index contributed by atoms with van der Waals surface area (Å²) in [7, 11) is 4.19. The summed E-state index contributed by atoms with van der Waals surface area (Å²) in [6.07, 6.45) is 4.26. The van der Waals surface area contributed by atoms with Crippen molar-refractivity contribution in [1.82, 2.24) is 14.7 Å². The van der Waals surface area contributed by atoms with E-state index in [1.165, 1.54) is 11.1 Å². The number of piperidine rings is 1. The molecule has 2 fully saturated rings. The van der Waals surface area contributed by atoms with Gasteiger partial charge in [-0.2, -0.15) is 0 Å². The molecule has 0 unspecified atom stereocenters. The van der Waals surface area contributed by atoms with Crippen molar-refractivity contribution in [3.05, 3.63) is 35.4 Å². The minimum Gasteiger partial charge on any atom is -0.335 e. The van der Waals surface area contributed by atoms with Gasteiger partial charge in [0.25, 0.3) is 0 Å². The van der Waals surface area contributed by atoms with E-state index in [4.69, 9.17) is 0 Å². The Balaban J connectivity index is 1.63. The topological polar surface area (TPSA) is 26.8 Å². The first kappa shape index (κ1) is 19.4. The monoisotopic (exact) mass is 357 g/mol. The number of benzene rings is 1. The second-order valence-corrected chi connectivity index (χ2v) is 8.57. The van der Waals surface area contributed by atoms with Crippen LogP contribution in [0.4, 0.5) is 0 Å². The van der Waals surface area contributed by atoms with Crippen LogP contribution in [0.5, 0.6) is 0 Å². The van der Waals surface area contributed by atoms with E-state index < -0.39 is 0 Å². The summed E-state index contributed by atoms with van der Waals surface area (Å²) in [5, 5.41) is 0. The van der Waals surface area contributed by atoms with Crippen LogP contribution in [0, 0.1) is 5.92 Å². The Kier molecular flexibility index (Phi) is 6.36. The summed E-state index contributed by atoms with van der Waals surface area (Å²) in [6, 6.07) is 9.77. The number of hydrogen-bond acceptors (Lipinski definition) is 3. The third-order valence-corrected chi connectivity index (χ3v) is 6.01. The van der Waals surface area contributed by atoms with Crippen LogP contribution in [-0.4, -0.2) is 60.4 Å². The SMILES string of the molecule is CC(C)N1CCC(C(=O)N2CCC[C@H]2c2ccc(CN(C)C)cc2)CC1. The minimum absolute atomic E-state index is 0.221. The lowest BCUT2D eigenvalue weighted by molar-refractivity contribution is -0.138. The van der Waals surface area contributed by atoms with Crippen LogP contribution < -0.4 is 0 Å². The molecule has 0 spiro atoms. The molecule has 1 aromatic rings. The Morgan fingerprint density at radius 1 is 1.08 bits per heavy atom. The van der Waals surface area contributed by atoms with Gasteiger partial charge in [-0.15, -0.1) is 0 Å². The molecule has 0 bridgehead atoms. The highest BCUT2D eigenvalue weighted by Gasteiger charge is 2.35. The van der Waals surface area contributed by atoms with E-state index in [1.807, 2.05) is 0 Å². The second-order valence-electron chi connectivity index (χ2n) is 8.57. The average molecular weight is 358 g/mol. The van der Waals surface area contributed by atoms with Gasteiger partial charge in [0.1, 0.15) is 0 Å². The van der Waals surface area contributed by atoms with Crippen molar-refractivity contribution in [2.75, 3.05) is 33.7 Å². The van der Waals surface area contributed by atoms with Gasteiger partial charge in [-0.05, 0) is 77.8 Å². The summed E-state index contributed by atoms with van der Waals surface area (Å²) in [5.41, 5.74) is 2.63. The molecule has 144 valence electrons. The van der Waals surface area contributed by atoms with E-state index in [-0.39, 0.29) is 12.0 Å². The van der Waals surface area contributed by atoms with E-state index in [0.717, 1.165) is 51.9 Å². The van der Waals surface area contributed by atoms with Crippen LogP contribution in [-0.2, 0) is 11.3 Å². The summed E-state index contributed by atoms with van der Waals surface area (Å²) in [6.45, 7) is 8.50. The van der Waals surface area contributed by atoms with Crippen LogP contribution in [0.3, 0.4) is 0 Å². The number of hydrogen-bond donors (Lipinski definition) is 0. The average Bonchev–Trinajstić information content (AvgIpc) is 3.11. The highest BCUT2D eigenvalue weighted by molar-refractivity contribution is 5.79. The largest absolute Gasteiger partial charge is 0.335 e. The highest BCUT2D eigenvalue weighted by Crippen LogP contribution is 2.35. The molecule has 0 N–H and O–H groups in total. The molecule has 2 saturated heterocycles. The van der Waals surface area contributed by atoms with Gasteiger partial charge in [0.05, 0.1) is 6.04 Å². The number of carbonyl (C=O) groups is 1. The first-order chi connectivity index (χ1) is 12.5. The molecule has 0 saturated carbocycles. The lowest BCUT2D eigenvalue weighted by Gasteiger charge is -2.36. The second kappa shape index (κ2) is 8.53. The van der Waals surface area contributed by atoms with Gasteiger partial charge in [0.15, 0.2) is 0 Å². The van der Waals surface area contributed by atoms with E-state index in [1.54, 1.807) is 0 Å². The van der Waals surface area contributed by atoms with Gasteiger partial charge in [-0.25, -0.2) is 0 Å². The fraction of sp³-hybridized carbons (Fsp3) is 0.682. The van der Waals surface area contributed by atoms with E-state index >= 15 is 0 Å². The molecule has 0 aliphatic carbocycles. The molecule has 26 heavy (non-hydrogen) atoms. The Hall–Kier alpha value is -1.39. The number of rotatable bonds is 5. The Morgan fingerprint density at radius 3 is 2.31 bits per heavy atom. The summed E-state index contributed by atoms with van der Waals surface area (Å²) in [4.78, 5) is 20.0. The molecule has 4 nitrogen and oxygen atoms in total. The van der Waals surface area contributed by atoms with E-state index in [2.05, 4.69) is 66.9 Å². The maximum atomic E-state index is 13.2. The molecule has 3 rings (SSSR count). The third kappa shape index (κ3) is 4.47. The predicted octanol–water partition coefficient (Wildman–Crippen LogP) is 3.53. The molecule has 2 heterocycles. The van der Waals surface area contributed by atoms with Gasteiger partial charge in [-0.3, -0.25) is 4.79 Å². The van der Waals surface area contributed by atoms with Gasteiger partial charge in [0.2, 0.25) is 5.91 Å². The third-order valence-electron chi connectivity index (χ3n) is 6.01. The van der Waals surface area contributed by atoms with Gasteiger partial charge < -0.3 is 14.7 Å². The summed E-state index contributed by atoms with van der Waals surface area (Å²) >= 11 is 0. The lowest BCUT2D eigenvalue weighted by Crippen LogP contribution is -2.44.